The summed E-state index contributed by atoms with van der Waals surface area (Å²) in [5.74, 6) is -0.408. The highest BCUT2D eigenvalue weighted by atomic mass is 32.1. The number of hydrogen-bond donors (Lipinski definition) is 2. The second kappa shape index (κ2) is 16.2. The summed E-state index contributed by atoms with van der Waals surface area (Å²) in [5.41, 5.74) is 9.13. The molecule has 3 aliphatic rings. The molecule has 306 valence electrons. The summed E-state index contributed by atoms with van der Waals surface area (Å²) >= 11 is 1.48. The van der Waals surface area contributed by atoms with E-state index in [1.807, 2.05) is 24.6 Å². The maximum absolute atomic E-state index is 14.2. The maximum Gasteiger partial charge on any atom is 0.324 e. The van der Waals surface area contributed by atoms with Crippen LogP contribution in [0.4, 0.5) is 0 Å². The van der Waals surface area contributed by atoms with Crippen molar-refractivity contribution in [1.82, 2.24) is 30.3 Å². The van der Waals surface area contributed by atoms with Crippen molar-refractivity contribution in [3.63, 3.8) is 0 Å². The number of methoxy groups -OCH3 is 2. The Bertz CT molecular complexity index is 2130. The minimum Gasteiger partial charge on any atom is -0.464 e. The number of aryl methyl sites for hydroxylation is 1. The number of thiazole rings is 1. The number of benzene rings is 1. The fourth-order valence-corrected chi connectivity index (χ4v) is 9.21. The predicted molar refractivity (Wildman–Crippen MR) is 221 cm³/mol. The van der Waals surface area contributed by atoms with Gasteiger partial charge in [0.15, 0.2) is 0 Å². The first kappa shape index (κ1) is 41.0. The molecule has 57 heavy (non-hydrogen) atoms. The zero-order valence-corrected chi connectivity index (χ0v) is 35.6. The highest BCUT2D eigenvalue weighted by Gasteiger charge is 2.49. The van der Waals surface area contributed by atoms with Gasteiger partial charge in [0.05, 0.1) is 40.4 Å². The van der Waals surface area contributed by atoms with Gasteiger partial charge in [-0.3, -0.25) is 24.4 Å². The van der Waals surface area contributed by atoms with Gasteiger partial charge in [-0.1, -0.05) is 33.8 Å². The molecule has 0 radical (unpaired) electrons. The summed E-state index contributed by atoms with van der Waals surface area (Å²) in [6, 6.07) is 9.04. The lowest BCUT2D eigenvalue weighted by atomic mass is 9.84. The molecule has 1 unspecified atom stereocenters. The van der Waals surface area contributed by atoms with Crippen LogP contribution in [0.3, 0.4) is 0 Å². The molecule has 7 rings (SSSR count). The number of rotatable bonds is 9. The van der Waals surface area contributed by atoms with Crippen molar-refractivity contribution in [3.05, 3.63) is 58.2 Å². The van der Waals surface area contributed by atoms with Gasteiger partial charge in [-0.25, -0.2) is 10.4 Å². The molecule has 2 fully saturated rings. The molecule has 1 saturated carbocycles. The van der Waals surface area contributed by atoms with Crippen LogP contribution < -0.4 is 10.7 Å². The third-order valence-corrected chi connectivity index (χ3v) is 13.3. The largest absolute Gasteiger partial charge is 0.464 e. The van der Waals surface area contributed by atoms with Gasteiger partial charge in [-0.15, -0.1) is 11.3 Å². The molecule has 0 spiro atoms. The Kier molecular flexibility index (Phi) is 11.7. The number of nitrogens with zero attached hydrogens (tertiary/aromatic N) is 4. The van der Waals surface area contributed by atoms with E-state index >= 15 is 0 Å². The molecule has 2 aliphatic heterocycles. The summed E-state index contributed by atoms with van der Waals surface area (Å²) in [7, 11) is 3.45. The number of aromatic nitrogens is 3. The van der Waals surface area contributed by atoms with Crippen LogP contribution in [0.1, 0.15) is 90.1 Å². The molecule has 6 atom stereocenters. The molecular formula is C44H58N6O6S. The van der Waals surface area contributed by atoms with E-state index in [-0.39, 0.29) is 54.3 Å². The van der Waals surface area contributed by atoms with Gasteiger partial charge in [-0.2, -0.15) is 0 Å². The molecule has 2 amide bonds. The number of cyclic esters (lactones) is 1. The average Bonchev–Trinajstić information content (AvgIpc) is 3.47. The number of carbonyl (C=O) groups is 3. The van der Waals surface area contributed by atoms with Crippen LogP contribution in [0.25, 0.3) is 33.4 Å². The van der Waals surface area contributed by atoms with Crippen molar-refractivity contribution in [2.75, 3.05) is 27.4 Å². The lowest BCUT2D eigenvalue weighted by Gasteiger charge is -2.35. The SMILES string of the molecule is CO[C@@H](C)c1ncccc1-c1c2c3cc(ccc3n1CCC(C)(C)OC)-c1csc(n1)C[C@H](NC(=O)C1[C@@H](C)[C@H]1C)C(=O)N1CCC[C@H](N1)C(=O)OCC(C)(C)C2. The number of ether oxygens (including phenoxy) is 3. The molecule has 1 aromatic carbocycles. The Balaban J connectivity index is 1.38. The number of fused-ring (bicyclic) bond motifs is 6. The van der Waals surface area contributed by atoms with Crippen LogP contribution in [0.15, 0.2) is 41.9 Å². The second-order valence-corrected chi connectivity index (χ2v) is 18.6. The molecule has 3 aromatic heterocycles. The molecule has 1 aliphatic carbocycles. The third-order valence-electron chi connectivity index (χ3n) is 12.5. The van der Waals surface area contributed by atoms with Crippen molar-refractivity contribution in [1.29, 1.82) is 0 Å². The van der Waals surface area contributed by atoms with E-state index in [2.05, 4.69) is 81.1 Å². The van der Waals surface area contributed by atoms with E-state index in [1.165, 1.54) is 16.3 Å². The first-order chi connectivity index (χ1) is 27.1. The third kappa shape index (κ3) is 8.53. The van der Waals surface area contributed by atoms with E-state index in [0.29, 0.717) is 32.4 Å². The van der Waals surface area contributed by atoms with Crippen molar-refractivity contribution in [2.45, 2.75) is 111 Å². The van der Waals surface area contributed by atoms with Crippen LogP contribution in [0.5, 0.6) is 0 Å². The summed E-state index contributed by atoms with van der Waals surface area (Å²) in [5, 5.41) is 8.42. The number of carbonyl (C=O) groups excluding carboxylic acids is 3. The Labute approximate surface area is 340 Å². The molecular weight excluding hydrogens is 741 g/mol. The Hall–Kier alpha value is -4.17. The number of pyridine rings is 1. The van der Waals surface area contributed by atoms with Gasteiger partial charge in [0.2, 0.25) is 5.91 Å². The van der Waals surface area contributed by atoms with Gasteiger partial charge in [0.1, 0.15) is 12.1 Å². The van der Waals surface area contributed by atoms with Crippen LogP contribution in [0, 0.1) is 23.2 Å². The zero-order chi connectivity index (χ0) is 40.8. The maximum atomic E-state index is 14.2. The lowest BCUT2D eigenvalue weighted by molar-refractivity contribution is -0.155. The number of esters is 1. The quantitative estimate of drug-likeness (QED) is 0.173. The smallest absolute Gasteiger partial charge is 0.324 e. The van der Waals surface area contributed by atoms with Crippen LogP contribution >= 0.6 is 11.3 Å². The number of nitrogens with one attached hydrogen (secondary N) is 2. The standard InChI is InChI=1S/C44H58N6O6S/c1-25-26(2)37(25)40(51)47-33-21-36-46-34(23-57-36)28-14-15-35-30(20-28)31(22-43(4,5)24-56-42(53)32-13-11-18-50(48-32)41(33)52)39(49(35)19-16-44(6,7)55-9)29-12-10-17-45-38(29)27(3)54-8/h10,12,14-15,17,20,23,25-27,32-33,37,48H,11,13,16,18-19,21-22,24H2,1-9H3,(H,47,51)/t25-,26+,27-,32-,33-,37?/m0/s1. The Morgan fingerprint density at radius 1 is 1.18 bits per heavy atom. The fraction of sp³-hybridized carbons (Fsp3) is 0.568. The van der Waals surface area contributed by atoms with Crippen LogP contribution in [-0.2, 0) is 48.0 Å². The van der Waals surface area contributed by atoms with E-state index in [0.717, 1.165) is 56.1 Å². The number of amides is 2. The minimum absolute atomic E-state index is 0.119. The summed E-state index contributed by atoms with van der Waals surface area (Å²) in [6.07, 6.45) is 4.29. The normalized spacial score (nSPS) is 24.5. The molecule has 13 heteroatoms. The summed E-state index contributed by atoms with van der Waals surface area (Å²) < 4.78 is 20.3. The second-order valence-electron chi connectivity index (χ2n) is 17.6. The zero-order valence-electron chi connectivity index (χ0n) is 34.8. The lowest BCUT2D eigenvalue weighted by Crippen LogP contribution is -2.60. The Morgan fingerprint density at radius 2 is 1.95 bits per heavy atom. The number of hydrazine groups is 1. The van der Waals surface area contributed by atoms with Crippen LogP contribution in [0.2, 0.25) is 0 Å². The van der Waals surface area contributed by atoms with Crippen LogP contribution in [-0.4, -0.2) is 82.4 Å². The van der Waals surface area contributed by atoms with Gasteiger partial charge in [0, 0.05) is 78.7 Å². The molecule has 4 aromatic rings. The van der Waals surface area contributed by atoms with E-state index in [1.54, 1.807) is 14.2 Å². The van der Waals surface area contributed by atoms with Crippen molar-refractivity contribution < 1.29 is 28.6 Å². The highest BCUT2D eigenvalue weighted by Crippen LogP contribution is 2.46. The van der Waals surface area contributed by atoms with Gasteiger partial charge < -0.3 is 24.1 Å². The fourth-order valence-electron chi connectivity index (χ4n) is 8.36. The van der Waals surface area contributed by atoms with E-state index < -0.39 is 23.5 Å². The molecule has 1 saturated heterocycles. The molecule has 6 bridgehead atoms. The van der Waals surface area contributed by atoms with Crippen molar-refractivity contribution >= 4 is 40.0 Å². The highest BCUT2D eigenvalue weighted by molar-refractivity contribution is 7.10. The van der Waals surface area contributed by atoms with Gasteiger partial charge >= 0.3 is 5.97 Å². The van der Waals surface area contributed by atoms with Crippen molar-refractivity contribution in [2.24, 2.45) is 23.2 Å². The monoisotopic (exact) mass is 798 g/mol. The topological polar surface area (TPSA) is 137 Å². The minimum atomic E-state index is -0.846. The first-order valence-electron chi connectivity index (χ1n) is 20.3. The summed E-state index contributed by atoms with van der Waals surface area (Å²) in [6.45, 7) is 15.9. The molecule has 5 heterocycles. The van der Waals surface area contributed by atoms with E-state index in [9.17, 15) is 14.4 Å². The van der Waals surface area contributed by atoms with Crippen molar-refractivity contribution in [3.8, 4) is 22.5 Å². The first-order valence-corrected chi connectivity index (χ1v) is 21.2. The molecule has 12 nitrogen and oxygen atoms in total. The predicted octanol–water partition coefficient (Wildman–Crippen LogP) is 6.90. The average molecular weight is 799 g/mol. The number of hydrogen-bond acceptors (Lipinski definition) is 10. The van der Waals surface area contributed by atoms with Gasteiger partial charge in [-0.05, 0) is 88.1 Å². The van der Waals surface area contributed by atoms with E-state index in [4.69, 9.17) is 24.2 Å². The van der Waals surface area contributed by atoms with Gasteiger partial charge in [0.25, 0.3) is 5.91 Å². The summed E-state index contributed by atoms with van der Waals surface area (Å²) in [4.78, 5) is 51.3. The molecule has 2 N–H and O–H groups in total. The Morgan fingerprint density at radius 3 is 2.67 bits per heavy atom.